The minimum Gasteiger partial charge on any atom is -0.310 e. The fraction of sp³-hybridized carbons (Fsp3) is 0.400. The Hall–Kier alpha value is -0.820. The summed E-state index contributed by atoms with van der Waals surface area (Å²) in [5.74, 6) is 0. The maximum atomic E-state index is 2.17. The van der Waals surface area contributed by atoms with Crippen LogP contribution in [-0.4, -0.2) is 25.5 Å². The molecule has 2 aliphatic carbocycles. The lowest BCUT2D eigenvalue weighted by molar-refractivity contribution is 0.434. The number of hydrogen-bond acceptors (Lipinski definition) is 1. The smallest absolute Gasteiger partial charge is 0.00533 e. The van der Waals surface area contributed by atoms with Crippen molar-refractivity contribution in [3.63, 3.8) is 0 Å². The van der Waals surface area contributed by atoms with E-state index in [0.717, 1.165) is 6.54 Å². The normalized spacial score (nSPS) is 10.5. The van der Waals surface area contributed by atoms with Crippen LogP contribution in [0.25, 0.3) is 11.1 Å². The summed E-state index contributed by atoms with van der Waals surface area (Å²) in [6, 6.07) is 8.48. The van der Waals surface area contributed by atoms with E-state index in [9.17, 15) is 0 Å². The molecule has 0 atom stereocenters. The minimum absolute atomic E-state index is 1.14. The van der Waals surface area contributed by atoms with Gasteiger partial charge in [-0.05, 0) is 37.8 Å². The Morgan fingerprint density at radius 1 is 1.18 bits per heavy atom. The highest BCUT2D eigenvalue weighted by Gasteiger charge is 2.06. The molecule has 0 saturated carbocycles. The first-order valence-electron chi connectivity index (χ1n) is 3.99. The highest BCUT2D eigenvalue weighted by Crippen LogP contribution is 2.32. The minimum atomic E-state index is 1.14. The van der Waals surface area contributed by atoms with Gasteiger partial charge in [0, 0.05) is 0 Å². The zero-order valence-electron chi connectivity index (χ0n) is 7.46. The van der Waals surface area contributed by atoms with Crippen molar-refractivity contribution in [3.8, 4) is 11.1 Å². The van der Waals surface area contributed by atoms with E-state index in [4.69, 9.17) is 0 Å². The van der Waals surface area contributed by atoms with Gasteiger partial charge >= 0.3 is 0 Å². The maximum absolute atomic E-state index is 2.17. The Morgan fingerprint density at radius 3 is 1.73 bits per heavy atom. The number of rotatable bonds is 1. The Kier molecular flexibility index (Phi) is 2.66. The Morgan fingerprint density at radius 2 is 1.64 bits per heavy atom. The van der Waals surface area contributed by atoms with Crippen molar-refractivity contribution in [2.24, 2.45) is 0 Å². The SMILES string of the molecule is CCN(C)C.c1cc2cc-2c1. The second kappa shape index (κ2) is 3.54. The molecular weight excluding hydrogens is 134 g/mol. The van der Waals surface area contributed by atoms with E-state index in [2.05, 4.69) is 50.2 Å². The fourth-order valence-electron chi connectivity index (χ4n) is 0.676. The second-order valence-electron chi connectivity index (χ2n) is 2.98. The Labute approximate surface area is 68.7 Å². The molecule has 0 amide bonds. The van der Waals surface area contributed by atoms with Crippen LogP contribution in [0.2, 0.25) is 0 Å². The first-order valence-corrected chi connectivity index (χ1v) is 3.99. The highest BCUT2D eigenvalue weighted by atomic mass is 15.0. The number of nitrogens with zero attached hydrogens (tertiary/aromatic N) is 1. The van der Waals surface area contributed by atoms with Crippen molar-refractivity contribution < 1.29 is 0 Å². The third-order valence-corrected chi connectivity index (χ3v) is 1.75. The van der Waals surface area contributed by atoms with Gasteiger partial charge in [-0.15, -0.1) is 0 Å². The van der Waals surface area contributed by atoms with Crippen LogP contribution in [0.15, 0.2) is 24.3 Å². The molecule has 0 aromatic heterocycles. The lowest BCUT2D eigenvalue weighted by Crippen LogP contribution is -2.08. The summed E-state index contributed by atoms with van der Waals surface area (Å²) in [6.07, 6.45) is 0. The summed E-state index contributed by atoms with van der Waals surface area (Å²) < 4.78 is 0. The van der Waals surface area contributed by atoms with E-state index in [1.165, 1.54) is 11.1 Å². The molecule has 0 aliphatic heterocycles. The molecule has 0 saturated heterocycles. The van der Waals surface area contributed by atoms with Gasteiger partial charge in [-0.2, -0.15) is 0 Å². The fourth-order valence-corrected chi connectivity index (χ4v) is 0.676. The van der Waals surface area contributed by atoms with Gasteiger partial charge in [0.15, 0.2) is 0 Å². The van der Waals surface area contributed by atoms with Gasteiger partial charge in [0.05, 0.1) is 0 Å². The molecule has 1 heteroatoms. The molecule has 0 radical (unpaired) electrons. The Balaban J connectivity index is 0.000000114. The first-order chi connectivity index (χ1) is 5.24. The molecule has 11 heavy (non-hydrogen) atoms. The van der Waals surface area contributed by atoms with Crippen molar-refractivity contribution in [1.29, 1.82) is 0 Å². The molecule has 2 rings (SSSR count). The molecule has 0 fully saturated rings. The van der Waals surface area contributed by atoms with Crippen molar-refractivity contribution in [1.82, 2.24) is 4.90 Å². The van der Waals surface area contributed by atoms with E-state index < -0.39 is 0 Å². The number of fused-ring (bicyclic) bond motifs is 1. The van der Waals surface area contributed by atoms with E-state index in [0.29, 0.717) is 0 Å². The molecule has 0 heterocycles. The third kappa shape index (κ3) is 2.72. The lowest BCUT2D eigenvalue weighted by Gasteiger charge is -2.00. The summed E-state index contributed by atoms with van der Waals surface area (Å²) in [7, 11) is 4.11. The zero-order valence-corrected chi connectivity index (χ0v) is 7.46. The van der Waals surface area contributed by atoms with Crippen molar-refractivity contribution in [2.45, 2.75) is 6.92 Å². The van der Waals surface area contributed by atoms with Crippen LogP contribution in [0.1, 0.15) is 6.92 Å². The van der Waals surface area contributed by atoms with Crippen LogP contribution in [0.5, 0.6) is 0 Å². The molecule has 0 N–H and O–H groups in total. The third-order valence-electron chi connectivity index (χ3n) is 1.75. The molecule has 0 aromatic carbocycles. The summed E-state index contributed by atoms with van der Waals surface area (Å²) in [5.41, 5.74) is 2.85. The second-order valence-corrected chi connectivity index (χ2v) is 2.98. The van der Waals surface area contributed by atoms with Gasteiger partial charge < -0.3 is 4.90 Å². The predicted molar refractivity (Wildman–Crippen MR) is 49.7 cm³/mol. The molecule has 0 bridgehead atoms. The standard InChI is InChI=1S/C6H4.C4H11N/c1-2-5-4-6(5)3-1;1-4-5(2)3/h1-4H;4H2,1-3H3. The summed E-state index contributed by atoms with van der Waals surface area (Å²) in [6.45, 7) is 3.26. The van der Waals surface area contributed by atoms with E-state index >= 15 is 0 Å². The van der Waals surface area contributed by atoms with Gasteiger partial charge in [0.25, 0.3) is 0 Å². The number of hydrogen-bond donors (Lipinski definition) is 0. The van der Waals surface area contributed by atoms with Crippen molar-refractivity contribution in [3.05, 3.63) is 24.3 Å². The maximum Gasteiger partial charge on any atom is -0.00533 e. The molecular formula is C10H15N. The molecule has 1 nitrogen and oxygen atoms in total. The van der Waals surface area contributed by atoms with Gasteiger partial charge in [0.2, 0.25) is 0 Å². The van der Waals surface area contributed by atoms with Crippen LogP contribution < -0.4 is 0 Å². The largest absolute Gasteiger partial charge is 0.310 e. The molecule has 0 aromatic rings. The first kappa shape index (κ1) is 8.28. The van der Waals surface area contributed by atoms with E-state index in [1.807, 2.05) is 0 Å². The predicted octanol–water partition coefficient (Wildman–Crippen LogP) is 2.23. The van der Waals surface area contributed by atoms with Crippen LogP contribution in [0.3, 0.4) is 0 Å². The Bertz CT molecular complexity index is 211. The summed E-state index contributed by atoms with van der Waals surface area (Å²) in [5, 5.41) is 0. The van der Waals surface area contributed by atoms with Gasteiger partial charge in [0.1, 0.15) is 0 Å². The average molecular weight is 149 g/mol. The van der Waals surface area contributed by atoms with Crippen LogP contribution in [0, 0.1) is 0 Å². The topological polar surface area (TPSA) is 3.24 Å². The van der Waals surface area contributed by atoms with Crippen LogP contribution >= 0.6 is 0 Å². The monoisotopic (exact) mass is 149 g/mol. The molecule has 60 valence electrons. The van der Waals surface area contributed by atoms with Gasteiger partial charge in [-0.1, -0.05) is 25.1 Å². The van der Waals surface area contributed by atoms with Gasteiger partial charge in [-0.25, -0.2) is 0 Å². The van der Waals surface area contributed by atoms with Gasteiger partial charge in [-0.3, -0.25) is 0 Å². The number of benzene rings is 1. The summed E-state index contributed by atoms with van der Waals surface area (Å²) >= 11 is 0. The van der Waals surface area contributed by atoms with Crippen LogP contribution in [-0.2, 0) is 0 Å². The van der Waals surface area contributed by atoms with Crippen LogP contribution in [0.4, 0.5) is 0 Å². The van der Waals surface area contributed by atoms with E-state index in [1.54, 1.807) is 0 Å². The lowest BCUT2D eigenvalue weighted by atomic mass is 10.6. The van der Waals surface area contributed by atoms with E-state index in [-0.39, 0.29) is 0 Å². The average Bonchev–Trinajstić information content (AvgIpc) is 2.61. The highest BCUT2D eigenvalue weighted by molar-refractivity contribution is 5.80. The quantitative estimate of drug-likeness (QED) is 0.601. The molecule has 2 aliphatic rings. The molecule has 0 spiro atoms. The van der Waals surface area contributed by atoms with Crippen molar-refractivity contribution in [2.75, 3.05) is 20.6 Å². The summed E-state index contributed by atoms with van der Waals surface area (Å²) in [4.78, 5) is 2.12. The zero-order chi connectivity index (χ0) is 8.27. The van der Waals surface area contributed by atoms with Crippen molar-refractivity contribution >= 4 is 0 Å². The molecule has 0 unspecified atom stereocenters.